The van der Waals surface area contributed by atoms with Crippen molar-refractivity contribution >= 4 is 46.6 Å². The van der Waals surface area contributed by atoms with Gasteiger partial charge in [-0.3, -0.25) is 9.69 Å². The minimum Gasteiger partial charge on any atom is -0.495 e. The summed E-state index contributed by atoms with van der Waals surface area (Å²) in [6.45, 7) is 0. The summed E-state index contributed by atoms with van der Waals surface area (Å²) in [5.41, 5.74) is 0.906. The first-order valence-electron chi connectivity index (χ1n) is 6.34. The molecule has 0 bridgehead atoms. The molecule has 3 rings (SSSR count). The second kappa shape index (κ2) is 5.82. The molecule has 7 heteroatoms. The molecule has 0 unspecified atom stereocenters. The zero-order valence-electron chi connectivity index (χ0n) is 11.5. The number of carbonyl (C=O) groups excluding carboxylic acids is 1. The van der Waals surface area contributed by atoms with Crippen LogP contribution in [0.15, 0.2) is 46.7 Å². The molecule has 112 valence electrons. The smallest absolute Gasteiger partial charge is 0.281 e. The Balaban J connectivity index is 1.93. The zero-order chi connectivity index (χ0) is 15.7. The highest BCUT2D eigenvalue weighted by Crippen LogP contribution is 2.31. The highest BCUT2D eigenvalue weighted by atomic mass is 35.5. The molecule has 0 spiro atoms. The highest BCUT2D eigenvalue weighted by Gasteiger charge is 2.32. The van der Waals surface area contributed by atoms with Gasteiger partial charge in [-0.25, -0.2) is 0 Å². The number of amides is 1. The predicted molar refractivity (Wildman–Crippen MR) is 87.9 cm³/mol. The molecule has 1 amide bonds. The first-order valence-corrected chi connectivity index (χ1v) is 7.13. The summed E-state index contributed by atoms with van der Waals surface area (Å²) in [4.78, 5) is 13.9. The Labute approximate surface area is 137 Å². The summed E-state index contributed by atoms with van der Waals surface area (Å²) in [6.07, 6.45) is 3.13. The van der Waals surface area contributed by atoms with Crippen LogP contribution >= 0.6 is 23.8 Å². The van der Waals surface area contributed by atoms with Crippen LogP contribution in [0.4, 0.5) is 5.69 Å². The fourth-order valence-corrected chi connectivity index (χ4v) is 2.63. The number of rotatable bonds is 3. The first kappa shape index (κ1) is 14.6. The van der Waals surface area contributed by atoms with Gasteiger partial charge in [-0.05, 0) is 42.5 Å². The zero-order valence-corrected chi connectivity index (χ0v) is 13.1. The average molecular weight is 335 g/mol. The number of furan rings is 1. The minimum absolute atomic E-state index is 0.275. The lowest BCUT2D eigenvalue weighted by Crippen LogP contribution is -2.30. The largest absolute Gasteiger partial charge is 0.495 e. The number of hydrogen-bond acceptors (Lipinski definition) is 4. The Morgan fingerprint density at radius 3 is 2.86 bits per heavy atom. The number of thiocarbonyl (C=S) groups is 1. The summed E-state index contributed by atoms with van der Waals surface area (Å²) in [6, 6.07) is 8.51. The molecule has 2 heterocycles. The van der Waals surface area contributed by atoms with E-state index in [0.717, 1.165) is 0 Å². The molecular formula is C15H11ClN2O3S. The number of halogens is 1. The maximum atomic E-state index is 12.5. The topological polar surface area (TPSA) is 54.7 Å². The standard InChI is InChI=1S/C15H11ClN2O3S/c1-20-13-5-4-9(7-11(13)16)18-14(19)12(17-15(18)22)8-10-3-2-6-21-10/h2-8H,1H3,(H,17,22). The number of hydrogen-bond donors (Lipinski definition) is 1. The SMILES string of the molecule is COc1ccc(N2C(=O)C(=Cc3ccco3)NC2=S)cc1Cl. The van der Waals surface area contributed by atoms with Gasteiger partial charge in [0, 0.05) is 6.08 Å². The number of anilines is 1. The molecule has 1 fully saturated rings. The lowest BCUT2D eigenvalue weighted by Gasteiger charge is -2.15. The van der Waals surface area contributed by atoms with Crippen LogP contribution < -0.4 is 15.0 Å². The number of methoxy groups -OCH3 is 1. The van der Waals surface area contributed by atoms with Gasteiger partial charge in [0.05, 0.1) is 24.1 Å². The molecule has 1 saturated heterocycles. The number of carbonyl (C=O) groups is 1. The third kappa shape index (κ3) is 2.58. The molecule has 1 aromatic carbocycles. The van der Waals surface area contributed by atoms with Gasteiger partial charge in [0.1, 0.15) is 17.2 Å². The van der Waals surface area contributed by atoms with E-state index < -0.39 is 0 Å². The molecule has 22 heavy (non-hydrogen) atoms. The molecule has 1 N–H and O–H groups in total. The third-order valence-corrected chi connectivity index (χ3v) is 3.68. The molecule has 5 nitrogen and oxygen atoms in total. The number of ether oxygens (including phenoxy) is 1. The molecule has 1 aliphatic heterocycles. The van der Waals surface area contributed by atoms with E-state index in [4.69, 9.17) is 33.0 Å². The molecule has 0 aliphatic carbocycles. The van der Waals surface area contributed by atoms with E-state index in [0.29, 0.717) is 27.9 Å². The fourth-order valence-electron chi connectivity index (χ4n) is 2.08. The Hall–Kier alpha value is -2.31. The lowest BCUT2D eigenvalue weighted by molar-refractivity contribution is -0.113. The summed E-state index contributed by atoms with van der Waals surface area (Å²) < 4.78 is 10.3. The van der Waals surface area contributed by atoms with Gasteiger partial charge >= 0.3 is 0 Å². The van der Waals surface area contributed by atoms with Crippen molar-refractivity contribution < 1.29 is 13.9 Å². The Kier molecular flexibility index (Phi) is 3.87. The normalized spacial score (nSPS) is 16.3. The fraction of sp³-hybridized carbons (Fsp3) is 0.0667. The van der Waals surface area contributed by atoms with Gasteiger partial charge in [0.25, 0.3) is 5.91 Å². The second-order valence-corrected chi connectivity index (χ2v) is 5.26. The van der Waals surface area contributed by atoms with Crippen molar-refractivity contribution in [3.63, 3.8) is 0 Å². The molecule has 1 aromatic heterocycles. The van der Waals surface area contributed by atoms with Crippen LogP contribution in [0.3, 0.4) is 0 Å². The van der Waals surface area contributed by atoms with E-state index in [1.165, 1.54) is 18.3 Å². The number of nitrogens with one attached hydrogen (secondary N) is 1. The van der Waals surface area contributed by atoms with E-state index in [1.807, 2.05) is 0 Å². The van der Waals surface area contributed by atoms with Crippen molar-refractivity contribution in [2.45, 2.75) is 0 Å². The van der Waals surface area contributed by atoms with Crippen molar-refractivity contribution in [3.05, 3.63) is 53.1 Å². The van der Waals surface area contributed by atoms with Gasteiger partial charge in [0.15, 0.2) is 5.11 Å². The van der Waals surface area contributed by atoms with Crippen molar-refractivity contribution in [3.8, 4) is 5.75 Å². The Bertz CT molecular complexity index is 771. The Morgan fingerprint density at radius 1 is 1.41 bits per heavy atom. The van der Waals surface area contributed by atoms with Crippen LogP contribution in [0.1, 0.15) is 5.76 Å². The number of nitrogens with zero attached hydrogens (tertiary/aromatic N) is 1. The molecule has 2 aromatic rings. The maximum Gasteiger partial charge on any atom is 0.281 e. The molecular weight excluding hydrogens is 324 g/mol. The maximum absolute atomic E-state index is 12.5. The van der Waals surface area contributed by atoms with Crippen LogP contribution in [0.2, 0.25) is 5.02 Å². The van der Waals surface area contributed by atoms with E-state index in [9.17, 15) is 4.79 Å². The van der Waals surface area contributed by atoms with Crippen LogP contribution in [-0.4, -0.2) is 18.1 Å². The number of benzene rings is 1. The van der Waals surface area contributed by atoms with E-state index >= 15 is 0 Å². The van der Waals surface area contributed by atoms with Crippen molar-refractivity contribution in [1.29, 1.82) is 0 Å². The quantitative estimate of drug-likeness (QED) is 0.690. The predicted octanol–water partition coefficient (Wildman–Crippen LogP) is 3.20. The minimum atomic E-state index is -0.275. The van der Waals surface area contributed by atoms with Gasteiger partial charge in [-0.2, -0.15) is 0 Å². The molecule has 0 radical (unpaired) electrons. The second-order valence-electron chi connectivity index (χ2n) is 4.46. The molecule has 0 saturated carbocycles. The van der Waals surface area contributed by atoms with Gasteiger partial charge in [-0.15, -0.1) is 0 Å². The molecule has 0 atom stereocenters. The van der Waals surface area contributed by atoms with E-state index in [1.54, 1.807) is 36.4 Å². The van der Waals surface area contributed by atoms with Crippen molar-refractivity contribution in [1.82, 2.24) is 5.32 Å². The summed E-state index contributed by atoms with van der Waals surface area (Å²) >= 11 is 11.3. The summed E-state index contributed by atoms with van der Waals surface area (Å²) in [5.74, 6) is 0.818. The van der Waals surface area contributed by atoms with Gasteiger partial charge in [-0.1, -0.05) is 11.6 Å². The van der Waals surface area contributed by atoms with Crippen LogP contribution in [-0.2, 0) is 4.79 Å². The highest BCUT2D eigenvalue weighted by molar-refractivity contribution is 7.80. The summed E-state index contributed by atoms with van der Waals surface area (Å²) in [5, 5.41) is 3.56. The van der Waals surface area contributed by atoms with Crippen molar-refractivity contribution in [2.24, 2.45) is 0 Å². The van der Waals surface area contributed by atoms with E-state index in [2.05, 4.69) is 5.32 Å². The molecule has 1 aliphatic rings. The van der Waals surface area contributed by atoms with Crippen molar-refractivity contribution in [2.75, 3.05) is 12.0 Å². The average Bonchev–Trinajstić information content (AvgIpc) is 3.08. The first-order chi connectivity index (χ1) is 10.6. The lowest BCUT2D eigenvalue weighted by atomic mass is 10.2. The van der Waals surface area contributed by atoms with Crippen LogP contribution in [0.5, 0.6) is 5.75 Å². The van der Waals surface area contributed by atoms with Crippen LogP contribution in [0.25, 0.3) is 6.08 Å². The van der Waals surface area contributed by atoms with Gasteiger partial charge < -0.3 is 14.5 Å². The van der Waals surface area contributed by atoms with Crippen LogP contribution in [0, 0.1) is 0 Å². The monoisotopic (exact) mass is 334 g/mol. The van der Waals surface area contributed by atoms with Gasteiger partial charge in [0.2, 0.25) is 0 Å². The summed E-state index contributed by atoms with van der Waals surface area (Å²) in [7, 11) is 1.53. The van der Waals surface area contributed by atoms with E-state index in [-0.39, 0.29) is 11.0 Å². The Morgan fingerprint density at radius 2 is 2.23 bits per heavy atom. The third-order valence-electron chi connectivity index (χ3n) is 3.10.